The largest absolute Gasteiger partial charge is 0.394 e. The number of hydrogen-bond donors (Lipinski definition) is 2. The molecule has 5 nitrogen and oxygen atoms in total. The Balaban J connectivity index is 1.70. The minimum Gasteiger partial charge on any atom is -0.394 e. The van der Waals surface area contributed by atoms with Gasteiger partial charge in [-0.05, 0) is 23.1 Å². The molecule has 0 saturated carbocycles. The second-order valence-corrected chi connectivity index (χ2v) is 8.18. The predicted molar refractivity (Wildman–Crippen MR) is 110 cm³/mol. The van der Waals surface area contributed by atoms with Crippen LogP contribution in [0.4, 0.5) is 11.4 Å². The molecule has 27 heavy (non-hydrogen) atoms. The number of hydrogen-bond acceptors (Lipinski definition) is 4. The normalized spacial score (nSPS) is 14.8. The average Bonchev–Trinajstić information content (AvgIpc) is 2.97. The zero-order valence-corrected chi connectivity index (χ0v) is 16.4. The van der Waals surface area contributed by atoms with Gasteiger partial charge in [0.15, 0.2) is 0 Å². The van der Waals surface area contributed by atoms with Gasteiger partial charge in [-0.1, -0.05) is 63.2 Å². The van der Waals surface area contributed by atoms with Gasteiger partial charge in [0.2, 0.25) is 5.91 Å². The number of anilines is 2. The molecule has 0 fully saturated rings. The van der Waals surface area contributed by atoms with E-state index in [9.17, 15) is 9.90 Å². The fourth-order valence-corrected chi connectivity index (χ4v) is 3.38. The second-order valence-electron chi connectivity index (χ2n) is 8.18. The van der Waals surface area contributed by atoms with Gasteiger partial charge in [-0.15, -0.1) is 0 Å². The van der Waals surface area contributed by atoms with Gasteiger partial charge >= 0.3 is 0 Å². The molecule has 5 heteroatoms. The fourth-order valence-electron chi connectivity index (χ4n) is 3.38. The molecule has 0 saturated heterocycles. The molecule has 0 aliphatic carbocycles. The highest BCUT2D eigenvalue weighted by Crippen LogP contribution is 2.36. The number of fused-ring (bicyclic) bond motifs is 1. The first-order valence-electron chi connectivity index (χ1n) is 9.41. The molecule has 2 N–H and O–H groups in total. The number of carbonyl (C=O) groups is 1. The molecule has 2 aromatic rings. The molecule has 0 aromatic heterocycles. The first-order chi connectivity index (χ1) is 12.9. The minimum absolute atomic E-state index is 0.0635. The Hall–Kier alpha value is -2.53. The van der Waals surface area contributed by atoms with Crippen LogP contribution < -0.4 is 15.1 Å². The molecule has 3 rings (SSSR count). The summed E-state index contributed by atoms with van der Waals surface area (Å²) in [5.41, 5.74) is 3.27. The lowest BCUT2D eigenvalue weighted by molar-refractivity contribution is -0.121. The molecule has 1 heterocycles. The number of amides is 1. The maximum Gasteiger partial charge on any atom is 0.239 e. The van der Waals surface area contributed by atoms with Crippen molar-refractivity contribution in [2.45, 2.75) is 33.4 Å². The summed E-state index contributed by atoms with van der Waals surface area (Å²) >= 11 is 0. The Morgan fingerprint density at radius 2 is 1.63 bits per heavy atom. The number of aliphatic hydroxyl groups excluding tert-OH is 1. The van der Waals surface area contributed by atoms with Crippen molar-refractivity contribution >= 4 is 17.3 Å². The van der Waals surface area contributed by atoms with Gasteiger partial charge in [0.05, 0.1) is 37.2 Å². The molecule has 2 aromatic carbocycles. The Morgan fingerprint density at radius 1 is 1.04 bits per heavy atom. The summed E-state index contributed by atoms with van der Waals surface area (Å²) < 4.78 is 0. The quantitative estimate of drug-likeness (QED) is 0.824. The highest BCUT2D eigenvalue weighted by molar-refractivity contribution is 5.86. The third-order valence-corrected chi connectivity index (χ3v) is 5.02. The van der Waals surface area contributed by atoms with Crippen LogP contribution in [0, 0.1) is 5.41 Å². The predicted octanol–water partition coefficient (Wildman–Crippen LogP) is 2.99. The molecule has 1 aliphatic rings. The number of nitrogens with one attached hydrogen (secondary N) is 1. The van der Waals surface area contributed by atoms with Crippen molar-refractivity contribution in [2.75, 3.05) is 29.6 Å². The van der Waals surface area contributed by atoms with Crippen molar-refractivity contribution in [1.29, 1.82) is 0 Å². The molecule has 1 amide bonds. The lowest BCUT2D eigenvalue weighted by atomic mass is 9.87. The van der Waals surface area contributed by atoms with Crippen molar-refractivity contribution in [3.63, 3.8) is 0 Å². The molecular weight excluding hydrogens is 338 g/mol. The number of aliphatic hydroxyl groups is 1. The van der Waals surface area contributed by atoms with E-state index in [1.165, 1.54) is 5.56 Å². The SMILES string of the molecule is CC(C)(C)[C@@H](CO)NC(=O)CN1CN(Cc2ccccc2)c2ccccc21. The number of para-hydroxylation sites is 2. The van der Waals surface area contributed by atoms with E-state index in [-0.39, 0.29) is 30.5 Å². The number of nitrogens with zero attached hydrogens (tertiary/aromatic N) is 2. The van der Waals surface area contributed by atoms with Gasteiger partial charge < -0.3 is 20.2 Å². The van der Waals surface area contributed by atoms with Gasteiger partial charge in [0.25, 0.3) is 0 Å². The van der Waals surface area contributed by atoms with Gasteiger partial charge in [-0.25, -0.2) is 0 Å². The topological polar surface area (TPSA) is 55.8 Å². The van der Waals surface area contributed by atoms with Crippen LogP contribution in [0.15, 0.2) is 54.6 Å². The fraction of sp³-hybridized carbons (Fsp3) is 0.409. The zero-order valence-electron chi connectivity index (χ0n) is 16.4. The summed E-state index contributed by atoms with van der Waals surface area (Å²) in [4.78, 5) is 17.0. The molecule has 1 aliphatic heterocycles. The minimum atomic E-state index is -0.261. The van der Waals surface area contributed by atoms with E-state index in [0.29, 0.717) is 6.67 Å². The molecule has 0 spiro atoms. The smallest absolute Gasteiger partial charge is 0.239 e. The van der Waals surface area contributed by atoms with Gasteiger partial charge in [-0.3, -0.25) is 4.79 Å². The molecule has 1 atom stereocenters. The Bertz CT molecular complexity index is 771. The van der Waals surface area contributed by atoms with E-state index in [1.54, 1.807) is 0 Å². The maximum absolute atomic E-state index is 12.6. The summed E-state index contributed by atoms with van der Waals surface area (Å²) in [5, 5.41) is 12.6. The van der Waals surface area contributed by atoms with Crippen LogP contribution in [0.5, 0.6) is 0 Å². The first-order valence-corrected chi connectivity index (χ1v) is 9.41. The summed E-state index contributed by atoms with van der Waals surface area (Å²) in [5.74, 6) is -0.0691. The van der Waals surface area contributed by atoms with E-state index >= 15 is 0 Å². The first kappa shape index (κ1) is 19.2. The van der Waals surface area contributed by atoms with E-state index in [0.717, 1.165) is 17.9 Å². The summed E-state index contributed by atoms with van der Waals surface area (Å²) in [6.07, 6.45) is 0. The number of carbonyl (C=O) groups excluding carboxylic acids is 1. The van der Waals surface area contributed by atoms with Gasteiger partial charge in [0, 0.05) is 6.54 Å². The van der Waals surface area contributed by atoms with Crippen LogP contribution >= 0.6 is 0 Å². The van der Waals surface area contributed by atoms with Crippen molar-refractivity contribution in [2.24, 2.45) is 5.41 Å². The molecule has 0 unspecified atom stereocenters. The lowest BCUT2D eigenvalue weighted by Crippen LogP contribution is -2.49. The van der Waals surface area contributed by atoms with E-state index < -0.39 is 0 Å². The summed E-state index contributed by atoms with van der Waals surface area (Å²) in [6, 6.07) is 18.3. The van der Waals surface area contributed by atoms with E-state index in [4.69, 9.17) is 0 Å². The van der Waals surface area contributed by atoms with E-state index in [2.05, 4.69) is 39.4 Å². The van der Waals surface area contributed by atoms with Crippen LogP contribution in [0.2, 0.25) is 0 Å². The summed E-state index contributed by atoms with van der Waals surface area (Å²) in [6.45, 7) is 7.72. The van der Waals surface area contributed by atoms with Crippen molar-refractivity contribution in [1.82, 2.24) is 5.32 Å². The molecule has 0 radical (unpaired) electrons. The summed E-state index contributed by atoms with van der Waals surface area (Å²) in [7, 11) is 0. The van der Waals surface area contributed by atoms with E-state index in [1.807, 2.05) is 51.1 Å². The van der Waals surface area contributed by atoms with Crippen molar-refractivity contribution in [3.8, 4) is 0 Å². The van der Waals surface area contributed by atoms with Crippen molar-refractivity contribution < 1.29 is 9.90 Å². The lowest BCUT2D eigenvalue weighted by Gasteiger charge is -2.30. The third kappa shape index (κ3) is 4.61. The van der Waals surface area contributed by atoms with Crippen molar-refractivity contribution in [3.05, 3.63) is 60.2 Å². The highest BCUT2D eigenvalue weighted by atomic mass is 16.3. The Morgan fingerprint density at radius 3 is 2.22 bits per heavy atom. The van der Waals surface area contributed by atoms with Crippen LogP contribution in [0.3, 0.4) is 0 Å². The Labute approximate surface area is 161 Å². The average molecular weight is 367 g/mol. The van der Waals surface area contributed by atoms with Crippen LogP contribution in [-0.4, -0.2) is 36.9 Å². The molecule has 0 bridgehead atoms. The zero-order chi connectivity index (χ0) is 19.4. The molecular formula is C22H29N3O2. The van der Waals surface area contributed by atoms with Crippen LogP contribution in [0.25, 0.3) is 0 Å². The number of rotatable bonds is 6. The highest BCUT2D eigenvalue weighted by Gasteiger charge is 2.29. The van der Waals surface area contributed by atoms with Crippen LogP contribution in [-0.2, 0) is 11.3 Å². The Kier molecular flexibility index (Phi) is 5.71. The van der Waals surface area contributed by atoms with Gasteiger partial charge in [-0.2, -0.15) is 0 Å². The second kappa shape index (κ2) is 8.01. The van der Waals surface area contributed by atoms with Crippen LogP contribution in [0.1, 0.15) is 26.3 Å². The number of benzene rings is 2. The maximum atomic E-state index is 12.6. The molecule has 144 valence electrons. The standard InChI is InChI=1S/C22H29N3O2/c1-22(2,3)20(15-26)23-21(27)14-25-16-24(13-17-9-5-4-6-10-17)18-11-7-8-12-19(18)25/h4-12,20,26H,13-16H2,1-3H3,(H,23,27)/t20-/m1/s1. The monoisotopic (exact) mass is 367 g/mol. The third-order valence-electron chi connectivity index (χ3n) is 5.02. The van der Waals surface area contributed by atoms with Gasteiger partial charge in [0.1, 0.15) is 0 Å².